The molecule has 6 rings (SSSR count). The van der Waals surface area contributed by atoms with Crippen LogP contribution in [0.5, 0.6) is 0 Å². The predicted molar refractivity (Wildman–Crippen MR) is 254 cm³/mol. The minimum atomic E-state index is -1.11. The van der Waals surface area contributed by atoms with Gasteiger partial charge in [-0.3, -0.25) is 0 Å². The van der Waals surface area contributed by atoms with Gasteiger partial charge in [0, 0.05) is 0 Å². The molecule has 0 aliphatic carbocycles. The Balaban J connectivity index is 0.000000241. The van der Waals surface area contributed by atoms with Crippen LogP contribution in [0.15, 0.2) is 195 Å². The molecule has 8 nitrogen and oxygen atoms in total. The lowest BCUT2D eigenvalue weighted by Gasteiger charge is -2.35. The molecule has 6 aromatic carbocycles. The van der Waals surface area contributed by atoms with E-state index in [4.69, 9.17) is 28.4 Å². The lowest BCUT2D eigenvalue weighted by atomic mass is 10.00. The topological polar surface area (TPSA) is 95.8 Å². The molecular weight excluding hydrogens is 801 g/mol. The lowest BCUT2D eigenvalue weighted by Crippen LogP contribution is -2.49. The molecule has 0 heterocycles. The first-order valence-corrected chi connectivity index (χ1v) is 22.4. The van der Waals surface area contributed by atoms with Gasteiger partial charge in [0.15, 0.2) is 0 Å². The molecule has 0 amide bonds. The van der Waals surface area contributed by atoms with Crippen molar-refractivity contribution in [1.82, 2.24) is 0 Å². The number of aliphatic hydroxyl groups is 2. The molecule has 0 saturated carbocycles. The van der Waals surface area contributed by atoms with Crippen molar-refractivity contribution in [3.05, 3.63) is 228 Å². The molecule has 1 unspecified atom stereocenters. The van der Waals surface area contributed by atoms with Crippen LogP contribution in [0.25, 0.3) is 0 Å². The second-order valence-corrected chi connectivity index (χ2v) is 15.5. The summed E-state index contributed by atoms with van der Waals surface area (Å²) in [5, 5.41) is 20.5. The van der Waals surface area contributed by atoms with Gasteiger partial charge in [0.2, 0.25) is 0 Å². The molecule has 0 saturated heterocycles. The molecule has 0 aromatic heterocycles. The molecule has 0 aliphatic heterocycles. The van der Waals surface area contributed by atoms with E-state index in [0.29, 0.717) is 46.1 Å². The van der Waals surface area contributed by atoms with Crippen LogP contribution in [0.1, 0.15) is 60.1 Å². The number of benzene rings is 6. The molecule has 0 bridgehead atoms. The maximum Gasteiger partial charge on any atom is 0.115 e. The number of hydrogen-bond acceptors (Lipinski definition) is 8. The molecule has 6 aromatic rings. The number of hydrogen-bond donors (Lipinski definition) is 2. The van der Waals surface area contributed by atoms with Gasteiger partial charge in [-0.15, -0.1) is 6.58 Å². The molecule has 7 atom stereocenters. The largest absolute Gasteiger partial charge is 0.394 e. The van der Waals surface area contributed by atoms with Crippen LogP contribution in [-0.4, -0.2) is 59.5 Å². The van der Waals surface area contributed by atoms with Crippen LogP contribution in [0.3, 0.4) is 0 Å². The standard InChI is InChI=1S/C28H34O5.C28H32O3/c1-2-26(31-19-22-12-6-3-7-13-22)28(33-21-24-16-10-5-11-17-24)27(25(30)18-29)32-20-23-14-8-4-9-15-23;1-3-26(29-20-23-14-8-5-9-15-23)28(31-22-25-18-12-7-13-19-25)27(4-2)30-21-24-16-10-6-11-17-24/h3-17,25-30H,2,18-21H2,1H3;3,5-19,26-28H,1,4,20-22H2,2H3/t25?,26-,27+,28-;26-,27+,28-/m10/s1. The zero-order valence-electron chi connectivity index (χ0n) is 37.4. The Morgan fingerprint density at radius 3 is 0.953 bits per heavy atom. The van der Waals surface area contributed by atoms with Gasteiger partial charge in [-0.25, -0.2) is 0 Å². The molecule has 0 aliphatic rings. The third kappa shape index (κ3) is 17.4. The Kier molecular flexibility index (Phi) is 22.7. The third-order valence-electron chi connectivity index (χ3n) is 10.7. The van der Waals surface area contributed by atoms with E-state index in [0.717, 1.165) is 39.8 Å². The average Bonchev–Trinajstić information content (AvgIpc) is 3.36. The summed E-state index contributed by atoms with van der Waals surface area (Å²) >= 11 is 0. The van der Waals surface area contributed by atoms with Gasteiger partial charge in [0.25, 0.3) is 0 Å². The number of aliphatic hydroxyl groups excluding tert-OH is 2. The van der Waals surface area contributed by atoms with Crippen LogP contribution in [-0.2, 0) is 68.1 Å². The van der Waals surface area contributed by atoms with Gasteiger partial charge < -0.3 is 38.6 Å². The van der Waals surface area contributed by atoms with Crippen molar-refractivity contribution in [2.75, 3.05) is 6.61 Å². The normalized spacial score (nSPS) is 14.5. The van der Waals surface area contributed by atoms with E-state index in [1.54, 1.807) is 0 Å². The van der Waals surface area contributed by atoms with Crippen molar-refractivity contribution >= 4 is 0 Å². The summed E-state index contributed by atoms with van der Waals surface area (Å²) in [5.74, 6) is 0. The summed E-state index contributed by atoms with van der Waals surface area (Å²) in [4.78, 5) is 0. The van der Waals surface area contributed by atoms with Crippen LogP contribution in [0, 0.1) is 0 Å². The van der Waals surface area contributed by atoms with Crippen molar-refractivity contribution < 1.29 is 38.6 Å². The van der Waals surface area contributed by atoms with Gasteiger partial charge in [-0.2, -0.15) is 0 Å². The monoisotopic (exact) mass is 866 g/mol. The van der Waals surface area contributed by atoms with Gasteiger partial charge in [-0.1, -0.05) is 202 Å². The van der Waals surface area contributed by atoms with E-state index in [9.17, 15) is 10.2 Å². The number of rotatable bonds is 27. The molecular formula is C56H66O8. The maximum absolute atomic E-state index is 10.7. The van der Waals surface area contributed by atoms with Crippen molar-refractivity contribution in [2.24, 2.45) is 0 Å². The van der Waals surface area contributed by atoms with Crippen LogP contribution in [0.2, 0.25) is 0 Å². The summed E-state index contributed by atoms with van der Waals surface area (Å²) in [6.07, 6.45) is -0.166. The van der Waals surface area contributed by atoms with Crippen LogP contribution in [0.4, 0.5) is 0 Å². The van der Waals surface area contributed by atoms with E-state index in [1.165, 1.54) is 0 Å². The smallest absolute Gasteiger partial charge is 0.115 e. The fourth-order valence-corrected chi connectivity index (χ4v) is 7.16. The number of ether oxygens (including phenoxy) is 6. The highest BCUT2D eigenvalue weighted by Gasteiger charge is 2.36. The Morgan fingerprint density at radius 1 is 0.391 bits per heavy atom. The molecule has 2 N–H and O–H groups in total. The van der Waals surface area contributed by atoms with E-state index in [2.05, 4.69) is 49.9 Å². The zero-order valence-corrected chi connectivity index (χ0v) is 37.4. The minimum Gasteiger partial charge on any atom is -0.394 e. The quantitative estimate of drug-likeness (QED) is 0.0494. The first kappa shape index (κ1) is 49.8. The molecule has 0 radical (unpaired) electrons. The second kappa shape index (κ2) is 29.2. The first-order chi connectivity index (χ1) is 31.5. The molecule has 8 heteroatoms. The first-order valence-electron chi connectivity index (χ1n) is 22.4. The van der Waals surface area contributed by atoms with E-state index >= 15 is 0 Å². The fourth-order valence-electron chi connectivity index (χ4n) is 7.16. The summed E-state index contributed by atoms with van der Waals surface area (Å²) in [6, 6.07) is 60.1. The summed E-state index contributed by atoms with van der Waals surface area (Å²) in [7, 11) is 0. The van der Waals surface area contributed by atoms with E-state index in [1.807, 2.05) is 159 Å². The summed E-state index contributed by atoms with van der Waals surface area (Å²) in [6.45, 7) is 10.3. The van der Waals surface area contributed by atoms with Crippen molar-refractivity contribution in [2.45, 2.75) is 109 Å². The van der Waals surface area contributed by atoms with Crippen LogP contribution < -0.4 is 0 Å². The molecule has 0 spiro atoms. The van der Waals surface area contributed by atoms with E-state index < -0.39 is 24.9 Å². The van der Waals surface area contributed by atoms with Gasteiger partial charge in [0.1, 0.15) is 30.5 Å². The molecule has 338 valence electrons. The molecule has 64 heavy (non-hydrogen) atoms. The minimum absolute atomic E-state index is 0.123. The fraction of sp³-hybridized carbons (Fsp3) is 0.321. The van der Waals surface area contributed by atoms with E-state index in [-0.39, 0.29) is 24.4 Å². The lowest BCUT2D eigenvalue weighted by molar-refractivity contribution is -0.184. The third-order valence-corrected chi connectivity index (χ3v) is 10.7. The van der Waals surface area contributed by atoms with Gasteiger partial charge >= 0.3 is 0 Å². The van der Waals surface area contributed by atoms with Gasteiger partial charge in [-0.05, 0) is 46.2 Å². The second-order valence-electron chi connectivity index (χ2n) is 15.5. The van der Waals surface area contributed by atoms with Crippen molar-refractivity contribution in [3.8, 4) is 0 Å². The summed E-state index contributed by atoms with van der Waals surface area (Å²) in [5.41, 5.74) is 6.43. The summed E-state index contributed by atoms with van der Waals surface area (Å²) < 4.78 is 37.7. The highest BCUT2D eigenvalue weighted by Crippen LogP contribution is 2.24. The Hall–Kier alpha value is -5.26. The van der Waals surface area contributed by atoms with Crippen molar-refractivity contribution in [3.63, 3.8) is 0 Å². The Morgan fingerprint density at radius 2 is 0.656 bits per heavy atom. The van der Waals surface area contributed by atoms with Gasteiger partial charge in [0.05, 0.1) is 58.5 Å². The average molecular weight is 867 g/mol. The predicted octanol–water partition coefficient (Wildman–Crippen LogP) is 10.8. The maximum atomic E-state index is 10.7. The highest BCUT2D eigenvalue weighted by molar-refractivity contribution is 5.18. The highest BCUT2D eigenvalue weighted by atomic mass is 16.6. The van der Waals surface area contributed by atoms with Crippen molar-refractivity contribution in [1.29, 1.82) is 0 Å². The zero-order chi connectivity index (χ0) is 45.0. The van der Waals surface area contributed by atoms with Crippen LogP contribution >= 0.6 is 0 Å². The Labute approximate surface area is 381 Å². The Bertz CT molecular complexity index is 2060. The molecule has 0 fully saturated rings. The SMILES string of the molecule is C=C[C@H](OCc1ccccc1)[C@H](OCc1ccccc1)[C@@H](CC)OCc1ccccc1.CC[C@@H](OCc1ccccc1)[C@@H](OCc1ccccc1)[C@@H](OCc1ccccc1)C(O)CO.